The molecular formula is C17H24N2O. The first kappa shape index (κ1) is 14.8. The molecule has 1 amide bonds. The van der Waals surface area contributed by atoms with Crippen LogP contribution in [0, 0.1) is 5.92 Å². The standard InChI is InChI=1S/C17H24N2O/c1-2-12-19(13-10-15-7-4-3-5-8-15)17(20)16-9-6-11-18-14-16/h2-5,7-8,16,18H,1,6,9-14H2. The molecule has 1 aromatic carbocycles. The van der Waals surface area contributed by atoms with Gasteiger partial charge in [-0.15, -0.1) is 6.58 Å². The average Bonchev–Trinajstić information content (AvgIpc) is 2.52. The van der Waals surface area contributed by atoms with Crippen LogP contribution in [0.5, 0.6) is 0 Å². The van der Waals surface area contributed by atoms with E-state index in [0.717, 1.165) is 38.9 Å². The van der Waals surface area contributed by atoms with Gasteiger partial charge in [-0.2, -0.15) is 0 Å². The van der Waals surface area contributed by atoms with E-state index in [1.807, 2.05) is 29.2 Å². The minimum Gasteiger partial charge on any atom is -0.338 e. The Labute approximate surface area is 121 Å². The minimum absolute atomic E-state index is 0.138. The van der Waals surface area contributed by atoms with Gasteiger partial charge in [0.15, 0.2) is 0 Å². The second-order valence-corrected chi connectivity index (χ2v) is 5.35. The van der Waals surface area contributed by atoms with Gasteiger partial charge in [-0.1, -0.05) is 36.4 Å². The summed E-state index contributed by atoms with van der Waals surface area (Å²) >= 11 is 0. The smallest absolute Gasteiger partial charge is 0.227 e. The highest BCUT2D eigenvalue weighted by Crippen LogP contribution is 2.14. The van der Waals surface area contributed by atoms with Crippen LogP contribution in [0.3, 0.4) is 0 Å². The predicted molar refractivity (Wildman–Crippen MR) is 82.5 cm³/mol. The van der Waals surface area contributed by atoms with Gasteiger partial charge in [0, 0.05) is 19.6 Å². The Hall–Kier alpha value is -1.61. The van der Waals surface area contributed by atoms with Crippen molar-refractivity contribution in [2.24, 2.45) is 5.92 Å². The number of carbonyl (C=O) groups is 1. The van der Waals surface area contributed by atoms with E-state index in [4.69, 9.17) is 0 Å². The third kappa shape index (κ3) is 4.20. The molecule has 0 aromatic heterocycles. The number of hydrogen-bond acceptors (Lipinski definition) is 2. The van der Waals surface area contributed by atoms with Crippen LogP contribution in [0.15, 0.2) is 43.0 Å². The normalized spacial score (nSPS) is 18.5. The molecule has 1 unspecified atom stereocenters. The molecule has 1 N–H and O–H groups in total. The zero-order chi connectivity index (χ0) is 14.2. The molecule has 1 saturated heterocycles. The molecule has 0 saturated carbocycles. The second-order valence-electron chi connectivity index (χ2n) is 5.35. The molecule has 1 aliphatic rings. The van der Waals surface area contributed by atoms with E-state index >= 15 is 0 Å². The van der Waals surface area contributed by atoms with Crippen LogP contribution in [-0.4, -0.2) is 37.0 Å². The molecule has 0 bridgehead atoms. The summed E-state index contributed by atoms with van der Waals surface area (Å²) < 4.78 is 0. The van der Waals surface area contributed by atoms with Crippen molar-refractivity contribution in [3.05, 3.63) is 48.6 Å². The number of amides is 1. The maximum absolute atomic E-state index is 12.5. The molecule has 1 heterocycles. The molecular weight excluding hydrogens is 248 g/mol. The van der Waals surface area contributed by atoms with Crippen molar-refractivity contribution in [3.8, 4) is 0 Å². The topological polar surface area (TPSA) is 32.3 Å². The predicted octanol–water partition coefficient (Wildman–Crippen LogP) is 2.24. The van der Waals surface area contributed by atoms with Crippen molar-refractivity contribution in [3.63, 3.8) is 0 Å². The van der Waals surface area contributed by atoms with Gasteiger partial charge >= 0.3 is 0 Å². The molecule has 1 atom stereocenters. The first-order valence-electron chi connectivity index (χ1n) is 7.45. The first-order valence-corrected chi connectivity index (χ1v) is 7.45. The maximum Gasteiger partial charge on any atom is 0.227 e. The summed E-state index contributed by atoms with van der Waals surface area (Å²) in [5.41, 5.74) is 1.27. The zero-order valence-electron chi connectivity index (χ0n) is 12.1. The SMILES string of the molecule is C=CCN(CCc1ccccc1)C(=O)C1CCCNC1. The Kier molecular flexibility index (Phi) is 5.81. The number of carbonyl (C=O) groups excluding carboxylic acids is 1. The number of nitrogens with one attached hydrogen (secondary N) is 1. The number of piperidine rings is 1. The van der Waals surface area contributed by atoms with Crippen molar-refractivity contribution in [1.29, 1.82) is 0 Å². The molecule has 3 heteroatoms. The molecule has 1 aliphatic heterocycles. The van der Waals surface area contributed by atoms with Crippen LogP contribution >= 0.6 is 0 Å². The quantitative estimate of drug-likeness (QED) is 0.806. The Balaban J connectivity index is 1.91. The lowest BCUT2D eigenvalue weighted by Crippen LogP contribution is -2.43. The van der Waals surface area contributed by atoms with Crippen molar-refractivity contribution < 1.29 is 4.79 Å². The highest BCUT2D eigenvalue weighted by Gasteiger charge is 2.24. The first-order chi connectivity index (χ1) is 9.81. The monoisotopic (exact) mass is 272 g/mol. The van der Waals surface area contributed by atoms with Crippen molar-refractivity contribution in [1.82, 2.24) is 10.2 Å². The van der Waals surface area contributed by atoms with E-state index in [9.17, 15) is 4.79 Å². The van der Waals surface area contributed by atoms with Crippen molar-refractivity contribution >= 4 is 5.91 Å². The van der Waals surface area contributed by atoms with Crippen LogP contribution in [-0.2, 0) is 11.2 Å². The fourth-order valence-electron chi connectivity index (χ4n) is 2.68. The van der Waals surface area contributed by atoms with Gasteiger partial charge < -0.3 is 10.2 Å². The lowest BCUT2D eigenvalue weighted by Gasteiger charge is -2.29. The Morgan fingerprint density at radius 1 is 1.40 bits per heavy atom. The molecule has 20 heavy (non-hydrogen) atoms. The van der Waals surface area contributed by atoms with Crippen LogP contribution in [0.25, 0.3) is 0 Å². The lowest BCUT2D eigenvalue weighted by atomic mass is 9.98. The van der Waals surface area contributed by atoms with E-state index < -0.39 is 0 Å². The van der Waals surface area contributed by atoms with Gasteiger partial charge in [-0.05, 0) is 31.4 Å². The Bertz CT molecular complexity index is 424. The third-order valence-electron chi connectivity index (χ3n) is 3.82. The van der Waals surface area contributed by atoms with Gasteiger partial charge in [0.1, 0.15) is 0 Å². The summed E-state index contributed by atoms with van der Waals surface area (Å²) in [6.07, 6.45) is 4.82. The van der Waals surface area contributed by atoms with Gasteiger partial charge in [-0.3, -0.25) is 4.79 Å². The van der Waals surface area contributed by atoms with Gasteiger partial charge in [0.05, 0.1) is 5.92 Å². The Morgan fingerprint density at radius 3 is 2.85 bits per heavy atom. The maximum atomic E-state index is 12.5. The second kappa shape index (κ2) is 7.85. The van der Waals surface area contributed by atoms with Crippen molar-refractivity contribution in [2.45, 2.75) is 19.3 Å². The largest absolute Gasteiger partial charge is 0.338 e. The molecule has 3 nitrogen and oxygen atoms in total. The van der Waals surface area contributed by atoms with Crippen LogP contribution in [0.4, 0.5) is 0 Å². The lowest BCUT2D eigenvalue weighted by molar-refractivity contribution is -0.135. The number of hydrogen-bond donors (Lipinski definition) is 1. The average molecular weight is 272 g/mol. The molecule has 0 radical (unpaired) electrons. The molecule has 1 aromatic rings. The fraction of sp³-hybridized carbons (Fsp3) is 0.471. The van der Waals surface area contributed by atoms with Crippen LogP contribution in [0.1, 0.15) is 18.4 Å². The van der Waals surface area contributed by atoms with Gasteiger partial charge in [0.2, 0.25) is 5.91 Å². The van der Waals surface area contributed by atoms with Gasteiger partial charge in [0.25, 0.3) is 0 Å². The summed E-state index contributed by atoms with van der Waals surface area (Å²) in [4.78, 5) is 14.5. The van der Waals surface area contributed by atoms with E-state index in [-0.39, 0.29) is 11.8 Å². The van der Waals surface area contributed by atoms with Crippen molar-refractivity contribution in [2.75, 3.05) is 26.2 Å². The summed E-state index contributed by atoms with van der Waals surface area (Å²) in [6.45, 7) is 7.04. The van der Waals surface area contributed by atoms with Crippen LogP contribution in [0.2, 0.25) is 0 Å². The van der Waals surface area contributed by atoms with Gasteiger partial charge in [-0.25, -0.2) is 0 Å². The molecule has 1 fully saturated rings. The third-order valence-corrected chi connectivity index (χ3v) is 3.82. The highest BCUT2D eigenvalue weighted by molar-refractivity contribution is 5.79. The number of rotatable bonds is 6. The fourth-order valence-corrected chi connectivity index (χ4v) is 2.68. The Morgan fingerprint density at radius 2 is 2.20 bits per heavy atom. The summed E-state index contributed by atoms with van der Waals surface area (Å²) in [6, 6.07) is 10.3. The van der Waals surface area contributed by atoms with E-state index in [1.165, 1.54) is 5.56 Å². The summed E-state index contributed by atoms with van der Waals surface area (Å²) in [7, 11) is 0. The van der Waals surface area contributed by atoms with E-state index in [1.54, 1.807) is 0 Å². The molecule has 2 rings (SSSR count). The van der Waals surface area contributed by atoms with E-state index in [0.29, 0.717) is 6.54 Å². The molecule has 0 aliphatic carbocycles. The summed E-state index contributed by atoms with van der Waals surface area (Å²) in [5.74, 6) is 0.410. The molecule has 108 valence electrons. The number of nitrogens with zero attached hydrogens (tertiary/aromatic N) is 1. The summed E-state index contributed by atoms with van der Waals surface area (Å²) in [5, 5.41) is 3.31. The molecule has 0 spiro atoms. The zero-order valence-corrected chi connectivity index (χ0v) is 12.1. The minimum atomic E-state index is 0.138. The highest BCUT2D eigenvalue weighted by atomic mass is 16.2. The number of benzene rings is 1. The van der Waals surface area contributed by atoms with E-state index in [2.05, 4.69) is 24.0 Å². The van der Waals surface area contributed by atoms with Crippen LogP contribution < -0.4 is 5.32 Å².